The van der Waals surface area contributed by atoms with Gasteiger partial charge in [0.25, 0.3) is 0 Å². The Kier molecular flexibility index (Phi) is 4.10. The Balaban J connectivity index is 1.55. The van der Waals surface area contributed by atoms with E-state index in [9.17, 15) is 5.11 Å². The van der Waals surface area contributed by atoms with Crippen molar-refractivity contribution < 1.29 is 14.3 Å². The van der Waals surface area contributed by atoms with Crippen LogP contribution in [0.4, 0.5) is 0 Å². The molecule has 2 heterocycles. The number of thioether (sulfide) groups is 1. The minimum absolute atomic E-state index is 0.0450. The third kappa shape index (κ3) is 2.90. The molecule has 0 unspecified atom stereocenters. The number of aliphatic hydroxyl groups excluding tert-OH is 1. The van der Waals surface area contributed by atoms with Crippen LogP contribution in [0.2, 0.25) is 0 Å². The molecule has 1 aliphatic rings. The Morgan fingerprint density at radius 2 is 2.05 bits per heavy atom. The second-order valence-corrected chi connectivity index (χ2v) is 6.14. The zero-order valence-corrected chi connectivity index (χ0v) is 11.9. The molecule has 0 aliphatic carbocycles. The Morgan fingerprint density at radius 1 is 1.25 bits per heavy atom. The molecule has 0 bridgehead atoms. The fourth-order valence-electron chi connectivity index (χ4n) is 2.07. The Labute approximate surface area is 122 Å². The summed E-state index contributed by atoms with van der Waals surface area (Å²) in [6.07, 6.45) is 1.71. The molecule has 0 radical (unpaired) electrons. The van der Waals surface area contributed by atoms with E-state index in [0.717, 1.165) is 22.8 Å². The molecule has 5 heteroatoms. The molecule has 2 aromatic rings. The van der Waals surface area contributed by atoms with Crippen LogP contribution in [0.1, 0.15) is 5.69 Å². The average molecular weight is 291 g/mol. The lowest BCUT2D eigenvalue weighted by Gasteiger charge is -2.39. The summed E-state index contributed by atoms with van der Waals surface area (Å²) < 4.78 is 10.7. The average Bonchev–Trinajstić information content (AvgIpc) is 2.92. The topological polar surface area (TPSA) is 55.5 Å². The van der Waals surface area contributed by atoms with Gasteiger partial charge in [0.1, 0.15) is 6.26 Å². The maximum atomic E-state index is 9.36. The quantitative estimate of drug-likeness (QED) is 0.886. The molecule has 20 heavy (non-hydrogen) atoms. The Bertz CT molecular complexity index is 546. The van der Waals surface area contributed by atoms with Crippen LogP contribution in [0.5, 0.6) is 0 Å². The summed E-state index contributed by atoms with van der Waals surface area (Å²) in [5, 5.41) is 9.36. The summed E-state index contributed by atoms with van der Waals surface area (Å²) >= 11 is 1.76. The number of aromatic nitrogens is 1. The van der Waals surface area contributed by atoms with Gasteiger partial charge in [-0.2, -0.15) is 11.8 Å². The standard InChI is InChI=1S/C15H17NO3S/c17-8-15(9-18-10-15)11-20-7-13-6-19-14(16-13)12-4-2-1-3-5-12/h1-6,17H,7-11H2. The molecule has 1 N–H and O–H groups in total. The number of hydrogen-bond donors (Lipinski definition) is 1. The highest BCUT2D eigenvalue weighted by Gasteiger charge is 2.37. The van der Waals surface area contributed by atoms with Crippen LogP contribution >= 0.6 is 11.8 Å². The van der Waals surface area contributed by atoms with Crippen molar-refractivity contribution in [2.75, 3.05) is 25.6 Å². The van der Waals surface area contributed by atoms with E-state index in [1.54, 1.807) is 18.0 Å². The molecule has 3 rings (SSSR count). The molecule has 0 atom stereocenters. The normalized spacial score (nSPS) is 16.9. The largest absolute Gasteiger partial charge is 0.444 e. The van der Waals surface area contributed by atoms with E-state index < -0.39 is 0 Å². The molecule has 106 valence electrons. The smallest absolute Gasteiger partial charge is 0.226 e. The predicted octanol–water partition coefficient (Wildman–Crippen LogP) is 2.58. The Morgan fingerprint density at radius 3 is 2.70 bits per heavy atom. The van der Waals surface area contributed by atoms with Crippen molar-refractivity contribution >= 4 is 11.8 Å². The van der Waals surface area contributed by atoms with Gasteiger partial charge in [-0.1, -0.05) is 18.2 Å². The van der Waals surface area contributed by atoms with Crippen molar-refractivity contribution in [2.45, 2.75) is 5.75 Å². The fraction of sp³-hybridized carbons (Fsp3) is 0.400. The van der Waals surface area contributed by atoms with Crippen LogP contribution in [0.15, 0.2) is 41.0 Å². The van der Waals surface area contributed by atoms with E-state index in [0.29, 0.717) is 19.1 Å². The first-order valence-corrected chi connectivity index (χ1v) is 7.73. The first-order valence-electron chi connectivity index (χ1n) is 6.58. The summed E-state index contributed by atoms with van der Waals surface area (Å²) in [6.45, 7) is 1.50. The summed E-state index contributed by atoms with van der Waals surface area (Å²) in [7, 11) is 0. The molecule has 1 saturated heterocycles. The summed E-state index contributed by atoms with van der Waals surface area (Å²) in [5.74, 6) is 2.33. The molecule has 4 nitrogen and oxygen atoms in total. The van der Waals surface area contributed by atoms with Crippen LogP contribution < -0.4 is 0 Å². The molecular weight excluding hydrogens is 274 g/mol. The molecule has 0 amide bonds. The van der Waals surface area contributed by atoms with Gasteiger partial charge in [-0.25, -0.2) is 4.98 Å². The van der Waals surface area contributed by atoms with E-state index in [2.05, 4.69) is 4.98 Å². The second kappa shape index (κ2) is 5.99. The number of rotatable bonds is 6. The van der Waals surface area contributed by atoms with E-state index in [1.807, 2.05) is 30.3 Å². The van der Waals surface area contributed by atoms with Gasteiger partial charge >= 0.3 is 0 Å². The lowest BCUT2D eigenvalue weighted by atomic mass is 9.90. The highest BCUT2D eigenvalue weighted by atomic mass is 32.2. The van der Waals surface area contributed by atoms with Gasteiger partial charge in [0.15, 0.2) is 0 Å². The number of oxazole rings is 1. The van der Waals surface area contributed by atoms with Crippen molar-refractivity contribution in [3.8, 4) is 11.5 Å². The van der Waals surface area contributed by atoms with Gasteiger partial charge < -0.3 is 14.3 Å². The van der Waals surface area contributed by atoms with Crippen LogP contribution in [0, 0.1) is 5.41 Å². The number of hydrogen-bond acceptors (Lipinski definition) is 5. The van der Waals surface area contributed by atoms with Crippen LogP contribution in [0.3, 0.4) is 0 Å². The number of benzene rings is 1. The second-order valence-electron chi connectivity index (χ2n) is 5.15. The van der Waals surface area contributed by atoms with Gasteiger partial charge in [0.05, 0.1) is 25.5 Å². The van der Waals surface area contributed by atoms with Gasteiger partial charge in [-0.3, -0.25) is 0 Å². The first-order chi connectivity index (χ1) is 9.81. The predicted molar refractivity (Wildman–Crippen MR) is 78.4 cm³/mol. The molecular formula is C15H17NO3S. The third-order valence-corrected chi connectivity index (χ3v) is 4.70. The van der Waals surface area contributed by atoms with Crippen LogP contribution in [-0.2, 0) is 10.5 Å². The van der Waals surface area contributed by atoms with Gasteiger partial charge in [-0.15, -0.1) is 0 Å². The van der Waals surface area contributed by atoms with Crippen LogP contribution in [0.25, 0.3) is 11.5 Å². The van der Waals surface area contributed by atoms with Crippen LogP contribution in [-0.4, -0.2) is 35.7 Å². The Hall–Kier alpha value is -1.30. The SMILES string of the molecule is OCC1(CSCc2coc(-c3ccccc3)n2)COC1. The molecule has 1 fully saturated rings. The maximum absolute atomic E-state index is 9.36. The van der Waals surface area contributed by atoms with Crippen molar-refractivity contribution in [3.05, 3.63) is 42.3 Å². The van der Waals surface area contributed by atoms with Crippen molar-refractivity contribution in [1.82, 2.24) is 4.98 Å². The van der Waals surface area contributed by atoms with Gasteiger partial charge in [0, 0.05) is 22.5 Å². The minimum atomic E-state index is -0.0450. The summed E-state index contributed by atoms with van der Waals surface area (Å²) in [6, 6.07) is 9.87. The van der Waals surface area contributed by atoms with Crippen molar-refractivity contribution in [1.29, 1.82) is 0 Å². The number of ether oxygens (including phenoxy) is 1. The minimum Gasteiger partial charge on any atom is -0.444 e. The third-order valence-electron chi connectivity index (χ3n) is 3.38. The zero-order valence-electron chi connectivity index (χ0n) is 11.1. The molecule has 1 aliphatic heterocycles. The summed E-state index contributed by atoms with van der Waals surface area (Å²) in [4.78, 5) is 4.49. The van der Waals surface area contributed by atoms with Crippen molar-refractivity contribution in [2.24, 2.45) is 5.41 Å². The number of nitrogens with zero attached hydrogens (tertiary/aromatic N) is 1. The summed E-state index contributed by atoms with van der Waals surface area (Å²) in [5.41, 5.74) is 1.88. The molecule has 1 aromatic carbocycles. The molecule has 0 spiro atoms. The molecule has 0 saturated carbocycles. The first kappa shape index (κ1) is 13.7. The lowest BCUT2D eigenvalue weighted by Crippen LogP contribution is -2.47. The lowest BCUT2D eigenvalue weighted by molar-refractivity contribution is -0.121. The van der Waals surface area contributed by atoms with Gasteiger partial charge in [0.2, 0.25) is 5.89 Å². The number of aliphatic hydroxyl groups is 1. The van der Waals surface area contributed by atoms with E-state index in [1.165, 1.54) is 0 Å². The van der Waals surface area contributed by atoms with E-state index >= 15 is 0 Å². The van der Waals surface area contributed by atoms with Crippen molar-refractivity contribution in [3.63, 3.8) is 0 Å². The molecule has 1 aromatic heterocycles. The van der Waals surface area contributed by atoms with Gasteiger partial charge in [-0.05, 0) is 12.1 Å². The van der Waals surface area contributed by atoms with E-state index in [4.69, 9.17) is 9.15 Å². The maximum Gasteiger partial charge on any atom is 0.226 e. The van der Waals surface area contributed by atoms with E-state index in [-0.39, 0.29) is 12.0 Å². The highest BCUT2D eigenvalue weighted by Crippen LogP contribution is 2.32. The zero-order chi connectivity index (χ0) is 13.8. The monoisotopic (exact) mass is 291 g/mol. The highest BCUT2D eigenvalue weighted by molar-refractivity contribution is 7.98. The fourth-order valence-corrected chi connectivity index (χ4v) is 3.20.